The zero-order valence-corrected chi connectivity index (χ0v) is 34.5. The molecule has 0 radical (unpaired) electrons. The molecule has 4 heterocycles. The lowest BCUT2D eigenvalue weighted by Gasteiger charge is -2.48. The van der Waals surface area contributed by atoms with E-state index in [4.69, 9.17) is 37.9 Å². The van der Waals surface area contributed by atoms with Gasteiger partial charge in [-0.2, -0.15) is 0 Å². The lowest BCUT2D eigenvalue weighted by atomic mass is 9.79. The molecular formula is C40H69NO11. The molecule has 12 nitrogen and oxygen atoms in total. The minimum absolute atomic E-state index is 0.158. The number of methoxy groups -OCH3 is 2. The van der Waals surface area contributed by atoms with Crippen molar-refractivity contribution >= 4 is 11.8 Å². The summed E-state index contributed by atoms with van der Waals surface area (Å²) in [5.74, 6) is -2.32. The highest BCUT2D eigenvalue weighted by molar-refractivity contribution is 5.92. The van der Waals surface area contributed by atoms with E-state index in [1.807, 2.05) is 62.4 Å². The topological polar surface area (TPSA) is 131 Å². The Balaban J connectivity index is 1.85. The third kappa shape index (κ3) is 8.59. The quantitative estimate of drug-likeness (QED) is 0.297. The normalized spacial score (nSPS) is 45.3. The summed E-state index contributed by atoms with van der Waals surface area (Å²) in [7, 11) is 5.16. The van der Waals surface area contributed by atoms with E-state index in [0.717, 1.165) is 5.57 Å². The van der Waals surface area contributed by atoms with Crippen LogP contribution in [0.2, 0.25) is 0 Å². The fraction of sp³-hybridized carbons (Fsp3) is 0.900. The van der Waals surface area contributed by atoms with Crippen molar-refractivity contribution in [3.63, 3.8) is 0 Å². The Labute approximate surface area is 312 Å². The predicted octanol–water partition coefficient (Wildman–Crippen LogP) is 5.56. The molecule has 0 saturated carbocycles. The Bertz CT molecular complexity index is 1290. The van der Waals surface area contributed by atoms with Gasteiger partial charge in [0.05, 0.1) is 35.7 Å². The largest absolute Gasteiger partial charge is 0.488 e. The molecule has 0 aromatic rings. The first-order valence-electron chi connectivity index (χ1n) is 19.4. The molecule has 3 fully saturated rings. The molecule has 4 aliphatic heterocycles. The number of ether oxygens (including phenoxy) is 8. The van der Waals surface area contributed by atoms with Crippen LogP contribution in [0.3, 0.4) is 0 Å². The Morgan fingerprint density at radius 2 is 1.62 bits per heavy atom. The van der Waals surface area contributed by atoms with Crippen LogP contribution >= 0.6 is 0 Å². The van der Waals surface area contributed by atoms with E-state index >= 15 is 0 Å². The number of likely N-dealkylation sites (N-methyl/N-ethyl adjacent to an activating group) is 1. The van der Waals surface area contributed by atoms with Crippen LogP contribution in [-0.2, 0) is 47.5 Å². The number of cyclic esters (lactones) is 1. The number of carbonyl (C=O) groups is 2. The molecule has 300 valence electrons. The van der Waals surface area contributed by atoms with Crippen LogP contribution in [0.5, 0.6) is 0 Å². The molecule has 0 amide bonds. The maximum absolute atomic E-state index is 14.4. The van der Waals surface area contributed by atoms with Gasteiger partial charge >= 0.3 is 5.97 Å². The molecular weight excluding hydrogens is 670 g/mol. The van der Waals surface area contributed by atoms with E-state index in [1.165, 1.54) is 7.11 Å². The average Bonchev–Trinajstić information content (AvgIpc) is 3.40. The van der Waals surface area contributed by atoms with E-state index in [2.05, 4.69) is 18.7 Å². The summed E-state index contributed by atoms with van der Waals surface area (Å²) in [6.07, 6.45) is -2.95. The molecule has 52 heavy (non-hydrogen) atoms. The van der Waals surface area contributed by atoms with E-state index in [1.54, 1.807) is 21.0 Å². The molecule has 3 saturated heterocycles. The first-order valence-corrected chi connectivity index (χ1v) is 19.4. The smallest absolute Gasteiger partial charge is 0.311 e. The second-order valence-electron chi connectivity index (χ2n) is 17.1. The number of aliphatic hydroxyl groups is 1. The van der Waals surface area contributed by atoms with E-state index < -0.39 is 77.5 Å². The van der Waals surface area contributed by atoms with Crippen LogP contribution in [-0.4, -0.2) is 121 Å². The third-order valence-corrected chi connectivity index (χ3v) is 12.5. The number of allylic oxidation sites excluding steroid dienone is 1. The maximum atomic E-state index is 14.4. The van der Waals surface area contributed by atoms with Gasteiger partial charge in [-0.15, -0.1) is 0 Å². The van der Waals surface area contributed by atoms with Gasteiger partial charge in [0.1, 0.15) is 29.7 Å². The Morgan fingerprint density at radius 1 is 0.962 bits per heavy atom. The number of esters is 1. The number of rotatable bonds is 9. The van der Waals surface area contributed by atoms with Gasteiger partial charge in [-0.05, 0) is 94.7 Å². The van der Waals surface area contributed by atoms with Crippen molar-refractivity contribution in [3.8, 4) is 0 Å². The number of nitrogens with zero attached hydrogens (tertiary/aromatic N) is 1. The van der Waals surface area contributed by atoms with E-state index in [0.29, 0.717) is 37.9 Å². The maximum Gasteiger partial charge on any atom is 0.311 e. The second-order valence-corrected chi connectivity index (χ2v) is 17.1. The van der Waals surface area contributed by atoms with Crippen molar-refractivity contribution in [3.05, 3.63) is 11.3 Å². The van der Waals surface area contributed by atoms with Crippen LogP contribution in [0.4, 0.5) is 0 Å². The molecule has 0 aliphatic carbocycles. The number of hydrogen-bond acceptors (Lipinski definition) is 12. The fourth-order valence-corrected chi connectivity index (χ4v) is 9.10. The molecule has 0 aromatic heterocycles. The molecule has 2 bridgehead atoms. The first-order chi connectivity index (χ1) is 24.1. The summed E-state index contributed by atoms with van der Waals surface area (Å²) in [6.45, 7) is 23.2. The molecule has 12 heteroatoms. The predicted molar refractivity (Wildman–Crippen MR) is 195 cm³/mol. The Hall–Kier alpha value is -1.64. The van der Waals surface area contributed by atoms with Crippen molar-refractivity contribution < 1.29 is 52.6 Å². The minimum Gasteiger partial charge on any atom is -0.488 e. The lowest BCUT2D eigenvalue weighted by molar-refractivity contribution is -0.309. The van der Waals surface area contributed by atoms with Crippen molar-refractivity contribution in [2.24, 2.45) is 17.8 Å². The third-order valence-electron chi connectivity index (χ3n) is 12.5. The van der Waals surface area contributed by atoms with Crippen LogP contribution in [0.25, 0.3) is 0 Å². The summed E-state index contributed by atoms with van der Waals surface area (Å²) in [5.41, 5.74) is -2.07. The molecule has 0 aromatic carbocycles. The molecule has 1 N–H and O–H groups in total. The van der Waals surface area contributed by atoms with Gasteiger partial charge in [0, 0.05) is 51.5 Å². The first kappa shape index (κ1) is 43.1. The molecule has 0 spiro atoms. The van der Waals surface area contributed by atoms with Gasteiger partial charge in [-0.1, -0.05) is 13.8 Å². The van der Waals surface area contributed by atoms with Crippen LogP contribution in [0, 0.1) is 17.8 Å². The average molecular weight is 740 g/mol. The number of aliphatic hydroxyl groups excluding tert-OH is 1. The van der Waals surface area contributed by atoms with Crippen LogP contribution < -0.4 is 0 Å². The standard InChI is InChI=1S/C40H69NO11/c1-16-29-40(12,46-15)34(43)25(7)32-22(4)18-39(11,52-32)35(51-37-31(42)28(17-23(5)48-37)41(13)21(2)3)26(8)33(27(9)36(44)49-29)50-30-20-38(10,45-14)19-24(6)47-30/h21,23-31,33,35,37,42H,16-20H2,1-15H3/t23-,24+,25+,26+,27-,28+,29-,30?,31-,33+,35-,37?,38+,39-,40-/m1/s1. The summed E-state index contributed by atoms with van der Waals surface area (Å²) < 4.78 is 51.6. The fourth-order valence-electron chi connectivity index (χ4n) is 9.10. The Kier molecular flexibility index (Phi) is 13.8. The Morgan fingerprint density at radius 3 is 2.19 bits per heavy atom. The monoisotopic (exact) mass is 739 g/mol. The zero-order valence-electron chi connectivity index (χ0n) is 34.5. The SMILES string of the molecule is CC[C@H]1OC(=O)[C@H](C)[C@@H](OC2C[C@@](C)(OC)C[C@H](C)O2)[C@H](C)[C@@H](OC2O[C@H](C)C[C@H](N(C)C(C)C)[C@H]2O)[C@@]2(C)CC(C)=C(O2)[C@H](C)C(=O)[C@]1(C)OC. The molecule has 2 unspecified atom stereocenters. The van der Waals surface area contributed by atoms with E-state index in [9.17, 15) is 14.7 Å². The minimum atomic E-state index is -1.44. The van der Waals surface area contributed by atoms with Gasteiger partial charge in [-0.3, -0.25) is 14.5 Å². The second kappa shape index (κ2) is 16.6. The number of carbonyl (C=O) groups excluding carboxylic acids is 2. The van der Waals surface area contributed by atoms with Gasteiger partial charge in [0.25, 0.3) is 0 Å². The van der Waals surface area contributed by atoms with Gasteiger partial charge < -0.3 is 43.0 Å². The number of Topliss-reactive ketones (excluding diaryl/α,β-unsaturated/α-hetero) is 1. The van der Waals surface area contributed by atoms with Gasteiger partial charge in [0.2, 0.25) is 0 Å². The highest BCUT2D eigenvalue weighted by Crippen LogP contribution is 2.47. The number of hydrogen-bond donors (Lipinski definition) is 1. The van der Waals surface area contributed by atoms with Crippen LogP contribution in [0.15, 0.2) is 11.3 Å². The molecule has 4 aliphatic rings. The van der Waals surface area contributed by atoms with Crippen molar-refractivity contribution in [2.75, 3.05) is 21.3 Å². The number of fused-ring (bicyclic) bond motifs is 2. The molecule has 4 rings (SSSR count). The van der Waals surface area contributed by atoms with Gasteiger partial charge in [-0.25, -0.2) is 0 Å². The van der Waals surface area contributed by atoms with Crippen LogP contribution in [0.1, 0.15) is 115 Å². The van der Waals surface area contributed by atoms with Crippen molar-refractivity contribution in [2.45, 2.75) is 193 Å². The summed E-state index contributed by atoms with van der Waals surface area (Å²) in [4.78, 5) is 30.8. The van der Waals surface area contributed by atoms with Crippen molar-refractivity contribution in [1.82, 2.24) is 4.90 Å². The summed E-state index contributed by atoms with van der Waals surface area (Å²) >= 11 is 0. The van der Waals surface area contributed by atoms with Crippen molar-refractivity contribution in [1.29, 1.82) is 0 Å². The molecule has 15 atom stereocenters. The van der Waals surface area contributed by atoms with E-state index in [-0.39, 0.29) is 30.1 Å². The number of ketones is 1. The highest BCUT2D eigenvalue weighted by atomic mass is 16.7. The highest BCUT2D eigenvalue weighted by Gasteiger charge is 2.56. The van der Waals surface area contributed by atoms with Gasteiger partial charge in [0.15, 0.2) is 24.0 Å². The zero-order chi connectivity index (χ0) is 39.1. The summed E-state index contributed by atoms with van der Waals surface area (Å²) in [5, 5.41) is 11.8. The lowest BCUT2D eigenvalue weighted by Crippen LogP contribution is -2.60. The summed E-state index contributed by atoms with van der Waals surface area (Å²) in [6, 6.07) is -0.0318.